The molecular weight excluding hydrogens is 455 g/mol. The van der Waals surface area contributed by atoms with Crippen molar-refractivity contribution in [2.75, 3.05) is 11.4 Å². The van der Waals surface area contributed by atoms with Gasteiger partial charge in [0.25, 0.3) is 10.0 Å². The summed E-state index contributed by atoms with van der Waals surface area (Å²) >= 11 is 0. The first-order valence-electron chi connectivity index (χ1n) is 10.6. The molecule has 8 heteroatoms. The van der Waals surface area contributed by atoms with Crippen LogP contribution in [0.4, 0.5) is 10.1 Å². The summed E-state index contributed by atoms with van der Waals surface area (Å²) < 4.78 is 41.7. The molecule has 0 fully saturated rings. The maximum Gasteiger partial charge on any atom is 0.352 e. The number of carboxylic acid groups (broad SMARTS) is 1. The molecule has 0 saturated heterocycles. The van der Waals surface area contributed by atoms with Gasteiger partial charge in [0, 0.05) is 23.5 Å². The molecule has 0 aliphatic heterocycles. The molecule has 3 aromatic carbocycles. The van der Waals surface area contributed by atoms with Gasteiger partial charge in [-0.1, -0.05) is 45.0 Å². The van der Waals surface area contributed by atoms with E-state index in [-0.39, 0.29) is 16.0 Å². The molecule has 6 nitrogen and oxygen atoms in total. The van der Waals surface area contributed by atoms with Gasteiger partial charge in [-0.25, -0.2) is 17.6 Å². The summed E-state index contributed by atoms with van der Waals surface area (Å²) in [5.41, 5.74) is 2.34. The molecule has 1 aromatic heterocycles. The zero-order valence-corrected chi connectivity index (χ0v) is 20.1. The van der Waals surface area contributed by atoms with Gasteiger partial charge in [-0.2, -0.15) is 0 Å². The van der Waals surface area contributed by atoms with Crippen molar-refractivity contribution in [3.05, 3.63) is 83.8 Å². The zero-order valence-electron chi connectivity index (χ0n) is 19.3. The number of halogens is 1. The van der Waals surface area contributed by atoms with Gasteiger partial charge >= 0.3 is 5.97 Å². The Kier molecular flexibility index (Phi) is 5.73. The quantitative estimate of drug-likeness (QED) is 0.378. The number of nitrogens with one attached hydrogen (secondary N) is 1. The Morgan fingerprint density at radius 1 is 1.00 bits per heavy atom. The maximum absolute atomic E-state index is 13.9. The van der Waals surface area contributed by atoms with E-state index in [9.17, 15) is 22.7 Å². The topological polar surface area (TPSA) is 90.5 Å². The van der Waals surface area contributed by atoms with Crippen LogP contribution in [0.5, 0.6) is 0 Å². The van der Waals surface area contributed by atoms with Crippen LogP contribution in [-0.4, -0.2) is 31.5 Å². The van der Waals surface area contributed by atoms with E-state index in [1.165, 1.54) is 25.2 Å². The second-order valence-corrected chi connectivity index (χ2v) is 11.1. The van der Waals surface area contributed by atoms with Crippen LogP contribution in [0.1, 0.15) is 36.8 Å². The molecule has 0 spiro atoms. The van der Waals surface area contributed by atoms with Crippen molar-refractivity contribution < 1.29 is 22.7 Å². The first-order valence-corrected chi connectivity index (χ1v) is 12.1. The summed E-state index contributed by atoms with van der Waals surface area (Å²) in [6.07, 6.45) is 0. The van der Waals surface area contributed by atoms with Crippen molar-refractivity contribution in [2.24, 2.45) is 0 Å². The molecule has 0 saturated carbocycles. The van der Waals surface area contributed by atoms with Crippen LogP contribution < -0.4 is 4.31 Å². The Hall–Kier alpha value is -3.65. The van der Waals surface area contributed by atoms with Gasteiger partial charge in [-0.3, -0.25) is 4.31 Å². The maximum atomic E-state index is 13.9. The van der Waals surface area contributed by atoms with E-state index < -0.39 is 21.8 Å². The number of nitrogens with zero attached hydrogens (tertiary/aromatic N) is 1. The van der Waals surface area contributed by atoms with Crippen LogP contribution in [-0.2, 0) is 15.4 Å². The van der Waals surface area contributed by atoms with E-state index in [1.807, 2.05) is 0 Å². The number of rotatable bonds is 5. The largest absolute Gasteiger partial charge is 0.477 e. The number of hydrogen-bond donors (Lipinski definition) is 2. The Labute approximate surface area is 197 Å². The number of anilines is 1. The van der Waals surface area contributed by atoms with Gasteiger partial charge in [0.15, 0.2) is 0 Å². The van der Waals surface area contributed by atoms with Crippen molar-refractivity contribution >= 4 is 32.6 Å². The van der Waals surface area contributed by atoms with E-state index >= 15 is 0 Å². The lowest BCUT2D eigenvalue weighted by Gasteiger charge is -2.22. The molecule has 0 unspecified atom stereocenters. The molecule has 0 atom stereocenters. The van der Waals surface area contributed by atoms with Crippen LogP contribution in [0.15, 0.2) is 71.6 Å². The SMILES string of the molecule is CN(c1ccc2[nH]c(C(=O)O)c(-c3cccc(F)c3)c2c1)S(=O)(=O)c1ccc(C(C)(C)C)cc1. The molecule has 0 amide bonds. The monoisotopic (exact) mass is 480 g/mol. The third-order valence-electron chi connectivity index (χ3n) is 5.85. The fourth-order valence-electron chi connectivity index (χ4n) is 3.90. The third kappa shape index (κ3) is 4.17. The molecule has 0 aliphatic carbocycles. The van der Waals surface area contributed by atoms with Gasteiger partial charge in [0.2, 0.25) is 0 Å². The van der Waals surface area contributed by atoms with Gasteiger partial charge in [-0.15, -0.1) is 0 Å². The van der Waals surface area contributed by atoms with Crippen LogP contribution in [0.3, 0.4) is 0 Å². The normalized spacial score (nSPS) is 12.1. The molecule has 0 bridgehead atoms. The summed E-state index contributed by atoms with van der Waals surface area (Å²) in [4.78, 5) is 14.9. The standard InChI is InChI=1S/C26H25FN2O4S/c1-26(2,3)17-8-11-20(12-9-17)34(32,33)29(4)19-10-13-22-21(15-19)23(24(28-22)25(30)31)16-6-5-7-18(27)14-16/h5-15,28H,1-4H3,(H,30,31). The van der Waals surface area contributed by atoms with Crippen LogP contribution >= 0.6 is 0 Å². The van der Waals surface area contributed by atoms with Gasteiger partial charge in [0.1, 0.15) is 11.5 Å². The Morgan fingerprint density at radius 3 is 2.26 bits per heavy atom. The average Bonchev–Trinajstić information content (AvgIpc) is 3.17. The van der Waals surface area contributed by atoms with Crippen LogP contribution in [0.2, 0.25) is 0 Å². The average molecular weight is 481 g/mol. The second-order valence-electron chi connectivity index (χ2n) is 9.17. The predicted molar refractivity (Wildman–Crippen MR) is 131 cm³/mol. The first kappa shape index (κ1) is 23.5. The lowest BCUT2D eigenvalue weighted by atomic mass is 9.87. The lowest BCUT2D eigenvalue weighted by molar-refractivity contribution is 0.0692. The highest BCUT2D eigenvalue weighted by molar-refractivity contribution is 7.92. The number of carboxylic acids is 1. The minimum absolute atomic E-state index is 0.0963. The van der Waals surface area contributed by atoms with Crippen LogP contribution in [0.25, 0.3) is 22.0 Å². The fourth-order valence-corrected chi connectivity index (χ4v) is 5.09. The summed E-state index contributed by atoms with van der Waals surface area (Å²) in [7, 11) is -2.42. The molecule has 4 aromatic rings. The number of aromatic nitrogens is 1. The van der Waals surface area contributed by atoms with Crippen molar-refractivity contribution in [2.45, 2.75) is 31.1 Å². The van der Waals surface area contributed by atoms with Crippen molar-refractivity contribution in [3.63, 3.8) is 0 Å². The number of aromatic carboxylic acids is 1. The highest BCUT2D eigenvalue weighted by Gasteiger charge is 2.25. The molecule has 34 heavy (non-hydrogen) atoms. The summed E-state index contributed by atoms with van der Waals surface area (Å²) in [6, 6.07) is 17.2. The number of benzene rings is 3. The molecule has 176 valence electrons. The van der Waals surface area contributed by atoms with Gasteiger partial charge in [0.05, 0.1) is 10.6 Å². The van der Waals surface area contributed by atoms with E-state index in [4.69, 9.17) is 0 Å². The number of aromatic amines is 1. The van der Waals surface area contributed by atoms with Gasteiger partial charge in [-0.05, 0) is 59.0 Å². The summed E-state index contributed by atoms with van der Waals surface area (Å²) in [6.45, 7) is 6.16. The van der Waals surface area contributed by atoms with Crippen molar-refractivity contribution in [1.82, 2.24) is 4.98 Å². The molecule has 1 heterocycles. The molecule has 0 radical (unpaired) electrons. The minimum Gasteiger partial charge on any atom is -0.477 e. The first-order chi connectivity index (χ1) is 15.9. The Bertz CT molecular complexity index is 1500. The minimum atomic E-state index is -3.87. The highest BCUT2D eigenvalue weighted by Crippen LogP contribution is 2.36. The summed E-state index contributed by atoms with van der Waals surface area (Å²) in [5, 5.41) is 10.2. The number of hydrogen-bond acceptors (Lipinski definition) is 3. The lowest BCUT2D eigenvalue weighted by Crippen LogP contribution is -2.26. The number of fused-ring (bicyclic) bond motifs is 1. The third-order valence-corrected chi connectivity index (χ3v) is 7.65. The van der Waals surface area contributed by atoms with Crippen molar-refractivity contribution in [3.8, 4) is 11.1 Å². The van der Waals surface area contributed by atoms with Gasteiger partial charge < -0.3 is 10.1 Å². The molecule has 4 rings (SSSR count). The zero-order chi connectivity index (χ0) is 24.8. The Balaban J connectivity index is 1.82. The fraction of sp³-hybridized carbons (Fsp3) is 0.192. The second kappa shape index (κ2) is 8.29. The predicted octanol–water partition coefficient (Wildman–Crippen LogP) is 5.79. The van der Waals surface area contributed by atoms with E-state index in [0.29, 0.717) is 27.7 Å². The van der Waals surface area contributed by atoms with E-state index in [0.717, 1.165) is 9.87 Å². The highest BCUT2D eigenvalue weighted by atomic mass is 32.2. The smallest absolute Gasteiger partial charge is 0.352 e. The van der Waals surface area contributed by atoms with E-state index in [2.05, 4.69) is 25.8 Å². The van der Waals surface area contributed by atoms with Crippen LogP contribution in [0, 0.1) is 5.82 Å². The number of H-pyrrole nitrogens is 1. The molecule has 2 N–H and O–H groups in total. The molecular formula is C26H25FN2O4S. The van der Waals surface area contributed by atoms with Crippen molar-refractivity contribution in [1.29, 1.82) is 0 Å². The number of carbonyl (C=O) groups is 1. The number of sulfonamides is 1. The Morgan fingerprint density at radius 2 is 1.68 bits per heavy atom. The summed E-state index contributed by atoms with van der Waals surface area (Å²) in [5.74, 6) is -1.70. The molecule has 0 aliphatic rings. The van der Waals surface area contributed by atoms with E-state index in [1.54, 1.807) is 48.5 Å².